The van der Waals surface area contributed by atoms with Crippen LogP contribution in [0.5, 0.6) is 17.2 Å². The molecule has 0 saturated heterocycles. The van der Waals surface area contributed by atoms with Crippen molar-refractivity contribution < 1.29 is 19.3 Å². The average molecular weight is 233 g/mol. The summed E-state index contributed by atoms with van der Waals surface area (Å²) >= 11 is 0. The van der Waals surface area contributed by atoms with Gasteiger partial charge in [0, 0.05) is 12.1 Å². The Morgan fingerprint density at radius 2 is 1.82 bits per heavy atom. The first-order valence-electron chi connectivity index (χ1n) is 4.96. The molecule has 3 nitrogen and oxygen atoms in total. The maximum atomic E-state index is 12.6. The van der Waals surface area contributed by atoms with E-state index in [2.05, 4.69) is 6.07 Å². The summed E-state index contributed by atoms with van der Waals surface area (Å²) in [7, 11) is 0. The maximum absolute atomic E-state index is 12.6. The van der Waals surface area contributed by atoms with Crippen molar-refractivity contribution in [2.24, 2.45) is 0 Å². The van der Waals surface area contributed by atoms with E-state index in [1.807, 2.05) is 0 Å². The Morgan fingerprint density at radius 3 is 2.47 bits per heavy atom. The fourth-order valence-electron chi connectivity index (χ4n) is 1.33. The summed E-state index contributed by atoms with van der Waals surface area (Å²) in [6, 6.07) is 10.9. The monoisotopic (exact) mass is 233 g/mol. The Bertz CT molecular complexity index is 488. The maximum Gasteiger partial charge on any atom is 0.135 e. The Kier molecular flexibility index (Phi) is 3.14. The predicted octanol–water partition coefficient (Wildman–Crippen LogP) is 2.62. The van der Waals surface area contributed by atoms with E-state index < -0.39 is 0 Å². The zero-order chi connectivity index (χ0) is 12.3. The molecule has 2 aromatic rings. The van der Waals surface area contributed by atoms with Crippen molar-refractivity contribution in [2.75, 3.05) is 0 Å². The topological polar surface area (TPSA) is 49.7 Å². The minimum Gasteiger partial charge on any atom is -0.508 e. The van der Waals surface area contributed by atoms with Gasteiger partial charge < -0.3 is 14.9 Å². The van der Waals surface area contributed by atoms with E-state index in [0.29, 0.717) is 0 Å². The molecule has 17 heavy (non-hydrogen) atoms. The van der Waals surface area contributed by atoms with Gasteiger partial charge in [0.1, 0.15) is 29.7 Å². The molecule has 0 aliphatic carbocycles. The molecule has 4 heteroatoms. The minimum atomic E-state index is -0.310. The Labute approximate surface area is 97.7 Å². The van der Waals surface area contributed by atoms with Gasteiger partial charge in [0.2, 0.25) is 0 Å². The summed E-state index contributed by atoms with van der Waals surface area (Å²) < 4.78 is 17.9. The molecule has 0 aliphatic heterocycles. The normalized spacial score (nSPS) is 10.2. The Hall–Kier alpha value is -2.23. The molecule has 0 fully saturated rings. The largest absolute Gasteiger partial charge is 0.508 e. The molecule has 0 unspecified atom stereocenters. The van der Waals surface area contributed by atoms with E-state index in [-0.39, 0.29) is 29.7 Å². The SMILES string of the molecule is Oc1[c]c(OCc2ccc(F)cc2)cc(O)c1. The Morgan fingerprint density at radius 1 is 1.12 bits per heavy atom. The summed E-state index contributed by atoms with van der Waals surface area (Å²) in [5, 5.41) is 18.4. The van der Waals surface area contributed by atoms with Crippen molar-refractivity contribution >= 4 is 0 Å². The molecule has 0 amide bonds. The molecule has 0 aliphatic rings. The molecule has 0 atom stereocenters. The van der Waals surface area contributed by atoms with Crippen LogP contribution in [0.2, 0.25) is 0 Å². The second-order valence-corrected chi connectivity index (χ2v) is 3.50. The molecule has 0 bridgehead atoms. The molecule has 2 rings (SSSR count). The molecule has 0 heterocycles. The average Bonchev–Trinajstić information content (AvgIpc) is 2.27. The molecular formula is C13H10FO3. The van der Waals surface area contributed by atoms with Crippen LogP contribution in [0.25, 0.3) is 0 Å². The Balaban J connectivity index is 2.04. The highest BCUT2D eigenvalue weighted by Crippen LogP contribution is 2.25. The number of phenolic OH excluding ortho intramolecular Hbond substituents is 2. The van der Waals surface area contributed by atoms with Crippen molar-refractivity contribution in [3.05, 3.63) is 53.8 Å². The number of halogens is 1. The van der Waals surface area contributed by atoms with Gasteiger partial charge in [-0.25, -0.2) is 4.39 Å². The number of rotatable bonds is 3. The first-order valence-corrected chi connectivity index (χ1v) is 4.96. The van der Waals surface area contributed by atoms with Crippen molar-refractivity contribution in [2.45, 2.75) is 6.61 Å². The second kappa shape index (κ2) is 4.74. The summed E-state index contributed by atoms with van der Waals surface area (Å²) in [5.74, 6) is -0.378. The van der Waals surface area contributed by atoms with Gasteiger partial charge in [0.05, 0.1) is 6.07 Å². The number of aromatic hydroxyl groups is 2. The lowest BCUT2D eigenvalue weighted by Crippen LogP contribution is -1.95. The van der Waals surface area contributed by atoms with Gasteiger partial charge in [-0.1, -0.05) is 12.1 Å². The molecule has 2 N–H and O–H groups in total. The van der Waals surface area contributed by atoms with Crippen LogP contribution >= 0.6 is 0 Å². The third-order valence-corrected chi connectivity index (χ3v) is 2.12. The first-order chi connectivity index (χ1) is 8.13. The van der Waals surface area contributed by atoms with Crippen molar-refractivity contribution in [3.8, 4) is 17.2 Å². The molecule has 2 aromatic carbocycles. The molecular weight excluding hydrogens is 223 g/mol. The minimum absolute atomic E-state index is 0.102. The van der Waals surface area contributed by atoms with Gasteiger partial charge in [0.25, 0.3) is 0 Å². The zero-order valence-electron chi connectivity index (χ0n) is 8.85. The number of hydrogen-bond acceptors (Lipinski definition) is 3. The quantitative estimate of drug-likeness (QED) is 0.856. The van der Waals surface area contributed by atoms with Gasteiger partial charge in [0.15, 0.2) is 0 Å². The lowest BCUT2D eigenvalue weighted by atomic mass is 10.2. The van der Waals surface area contributed by atoms with E-state index >= 15 is 0 Å². The summed E-state index contributed by atoms with van der Waals surface area (Å²) in [4.78, 5) is 0. The van der Waals surface area contributed by atoms with Crippen LogP contribution in [-0.4, -0.2) is 10.2 Å². The smallest absolute Gasteiger partial charge is 0.135 e. The highest BCUT2D eigenvalue weighted by Gasteiger charge is 2.01. The lowest BCUT2D eigenvalue weighted by molar-refractivity contribution is 0.301. The van der Waals surface area contributed by atoms with E-state index in [1.165, 1.54) is 18.2 Å². The fraction of sp³-hybridized carbons (Fsp3) is 0.0769. The number of ether oxygens (including phenoxy) is 1. The van der Waals surface area contributed by atoms with Crippen molar-refractivity contribution in [3.63, 3.8) is 0 Å². The molecule has 0 aromatic heterocycles. The third-order valence-electron chi connectivity index (χ3n) is 2.12. The van der Waals surface area contributed by atoms with Crippen LogP contribution in [0, 0.1) is 11.9 Å². The van der Waals surface area contributed by atoms with E-state index in [4.69, 9.17) is 4.74 Å². The van der Waals surface area contributed by atoms with Crippen LogP contribution in [0.15, 0.2) is 36.4 Å². The van der Waals surface area contributed by atoms with Gasteiger partial charge in [-0.05, 0) is 17.7 Å². The van der Waals surface area contributed by atoms with Crippen molar-refractivity contribution in [1.29, 1.82) is 0 Å². The van der Waals surface area contributed by atoms with E-state index in [0.717, 1.165) is 11.6 Å². The van der Waals surface area contributed by atoms with E-state index in [9.17, 15) is 14.6 Å². The first kappa shape index (κ1) is 11.3. The highest BCUT2D eigenvalue weighted by molar-refractivity contribution is 5.39. The highest BCUT2D eigenvalue weighted by atomic mass is 19.1. The summed E-state index contributed by atoms with van der Waals surface area (Å²) in [5.41, 5.74) is 0.780. The number of benzene rings is 2. The van der Waals surface area contributed by atoms with Crippen LogP contribution in [0.4, 0.5) is 4.39 Å². The fourth-order valence-corrected chi connectivity index (χ4v) is 1.33. The molecule has 87 valence electrons. The van der Waals surface area contributed by atoms with Crippen LogP contribution < -0.4 is 4.74 Å². The van der Waals surface area contributed by atoms with Crippen LogP contribution in [-0.2, 0) is 6.61 Å². The molecule has 0 spiro atoms. The van der Waals surface area contributed by atoms with Gasteiger partial charge in [-0.15, -0.1) is 0 Å². The zero-order valence-corrected chi connectivity index (χ0v) is 8.85. The summed E-state index contributed by atoms with van der Waals surface area (Å²) in [6.07, 6.45) is 0. The van der Waals surface area contributed by atoms with Gasteiger partial charge >= 0.3 is 0 Å². The third kappa shape index (κ3) is 3.11. The molecule has 1 radical (unpaired) electrons. The van der Waals surface area contributed by atoms with Crippen molar-refractivity contribution in [1.82, 2.24) is 0 Å². The van der Waals surface area contributed by atoms with Crippen LogP contribution in [0.1, 0.15) is 5.56 Å². The van der Waals surface area contributed by atoms with Gasteiger partial charge in [-0.2, -0.15) is 0 Å². The molecule has 0 saturated carbocycles. The van der Waals surface area contributed by atoms with Gasteiger partial charge in [-0.3, -0.25) is 0 Å². The lowest BCUT2D eigenvalue weighted by Gasteiger charge is -2.06. The van der Waals surface area contributed by atoms with Crippen LogP contribution in [0.3, 0.4) is 0 Å². The second-order valence-electron chi connectivity index (χ2n) is 3.50. The standard InChI is InChI=1S/C13H10FO3/c14-10-3-1-9(2-4-10)8-17-13-6-11(15)5-12(16)7-13/h1-6,15-16H,8H2. The predicted molar refractivity (Wildman–Crippen MR) is 59.3 cm³/mol. The summed E-state index contributed by atoms with van der Waals surface area (Å²) in [6.45, 7) is 0.208. The number of hydrogen-bond donors (Lipinski definition) is 2. The number of phenols is 2. The van der Waals surface area contributed by atoms with E-state index in [1.54, 1.807) is 12.1 Å².